The normalized spacial score (nSPS) is 17.8. The fourth-order valence-corrected chi connectivity index (χ4v) is 4.24. The second kappa shape index (κ2) is 6.76. The Morgan fingerprint density at radius 3 is 2.69 bits per heavy atom. The Bertz CT molecular complexity index is 823. The Labute approximate surface area is 155 Å². The molecule has 2 heterocycles. The van der Waals surface area contributed by atoms with E-state index in [0.29, 0.717) is 13.0 Å². The lowest BCUT2D eigenvalue weighted by Gasteiger charge is -2.38. The maximum Gasteiger partial charge on any atom is 0.226 e. The van der Waals surface area contributed by atoms with Gasteiger partial charge in [-0.05, 0) is 37.0 Å². The SMILES string of the molecule is Cc1cccc(CC(=O)N2CCC3(CC2)COc2ccc(CN)cc23)c1. The zero-order chi connectivity index (χ0) is 18.1. The van der Waals surface area contributed by atoms with E-state index in [1.165, 1.54) is 11.1 Å². The fourth-order valence-electron chi connectivity index (χ4n) is 4.24. The number of hydrogen-bond donors (Lipinski definition) is 1. The van der Waals surface area contributed by atoms with E-state index in [1.807, 2.05) is 29.2 Å². The lowest BCUT2D eigenvalue weighted by atomic mass is 9.74. The third-order valence-corrected chi connectivity index (χ3v) is 5.87. The molecule has 4 nitrogen and oxygen atoms in total. The van der Waals surface area contributed by atoms with Gasteiger partial charge in [0.25, 0.3) is 0 Å². The Morgan fingerprint density at radius 2 is 1.96 bits per heavy atom. The van der Waals surface area contributed by atoms with Crippen molar-refractivity contribution in [3.63, 3.8) is 0 Å². The molecule has 0 aromatic heterocycles. The fraction of sp³-hybridized carbons (Fsp3) is 0.409. The number of nitrogens with two attached hydrogens (primary N) is 1. The average Bonchev–Trinajstić information content (AvgIpc) is 3.00. The van der Waals surface area contributed by atoms with Gasteiger partial charge in [0.05, 0.1) is 13.0 Å². The first-order valence-electron chi connectivity index (χ1n) is 9.39. The molecule has 1 saturated heterocycles. The molecule has 2 N–H and O–H groups in total. The molecule has 0 unspecified atom stereocenters. The van der Waals surface area contributed by atoms with Crippen LogP contribution in [0.3, 0.4) is 0 Å². The molecule has 2 aromatic carbocycles. The summed E-state index contributed by atoms with van der Waals surface area (Å²) >= 11 is 0. The number of hydrogen-bond acceptors (Lipinski definition) is 3. The van der Waals surface area contributed by atoms with Gasteiger partial charge in [0.2, 0.25) is 5.91 Å². The molecular weight excluding hydrogens is 324 g/mol. The predicted octanol–water partition coefficient (Wildman–Crippen LogP) is 2.95. The summed E-state index contributed by atoms with van der Waals surface area (Å²) in [6, 6.07) is 14.5. The number of ether oxygens (including phenoxy) is 1. The second-order valence-corrected chi connectivity index (χ2v) is 7.65. The monoisotopic (exact) mass is 350 g/mol. The number of benzene rings is 2. The zero-order valence-corrected chi connectivity index (χ0v) is 15.3. The maximum atomic E-state index is 12.7. The molecule has 0 atom stereocenters. The van der Waals surface area contributed by atoms with Gasteiger partial charge in [-0.2, -0.15) is 0 Å². The number of piperidine rings is 1. The summed E-state index contributed by atoms with van der Waals surface area (Å²) in [6.07, 6.45) is 2.39. The molecule has 4 heteroatoms. The predicted molar refractivity (Wildman–Crippen MR) is 102 cm³/mol. The van der Waals surface area contributed by atoms with E-state index < -0.39 is 0 Å². The largest absolute Gasteiger partial charge is 0.492 e. The van der Waals surface area contributed by atoms with Crippen LogP contribution in [0.4, 0.5) is 0 Å². The van der Waals surface area contributed by atoms with E-state index in [1.54, 1.807) is 0 Å². The molecule has 1 spiro atoms. The summed E-state index contributed by atoms with van der Waals surface area (Å²) in [4.78, 5) is 14.7. The number of likely N-dealkylation sites (tertiary alicyclic amines) is 1. The highest BCUT2D eigenvalue weighted by molar-refractivity contribution is 5.79. The van der Waals surface area contributed by atoms with E-state index in [2.05, 4.69) is 25.1 Å². The van der Waals surface area contributed by atoms with Crippen molar-refractivity contribution in [2.45, 2.75) is 38.1 Å². The molecule has 2 aliphatic rings. The van der Waals surface area contributed by atoms with Crippen molar-refractivity contribution in [3.05, 3.63) is 64.7 Å². The molecule has 1 amide bonds. The van der Waals surface area contributed by atoms with Crippen LogP contribution in [0, 0.1) is 6.92 Å². The molecule has 4 rings (SSSR count). The van der Waals surface area contributed by atoms with Crippen molar-refractivity contribution in [1.29, 1.82) is 0 Å². The number of aryl methyl sites for hydroxylation is 1. The first-order chi connectivity index (χ1) is 12.6. The summed E-state index contributed by atoms with van der Waals surface area (Å²) in [6.45, 7) is 4.91. The van der Waals surface area contributed by atoms with Crippen molar-refractivity contribution < 1.29 is 9.53 Å². The van der Waals surface area contributed by atoms with Crippen LogP contribution in [0.2, 0.25) is 0 Å². The van der Waals surface area contributed by atoms with Crippen molar-refractivity contribution in [1.82, 2.24) is 4.90 Å². The number of carbonyl (C=O) groups is 1. The smallest absolute Gasteiger partial charge is 0.226 e. The lowest BCUT2D eigenvalue weighted by Crippen LogP contribution is -2.46. The lowest BCUT2D eigenvalue weighted by molar-refractivity contribution is -0.132. The quantitative estimate of drug-likeness (QED) is 0.926. The summed E-state index contributed by atoms with van der Waals surface area (Å²) < 4.78 is 5.95. The van der Waals surface area contributed by atoms with Crippen LogP contribution in [-0.4, -0.2) is 30.5 Å². The molecule has 2 aromatic rings. The molecule has 0 bridgehead atoms. The molecular formula is C22H26N2O2. The van der Waals surface area contributed by atoms with Gasteiger partial charge in [-0.1, -0.05) is 42.0 Å². The summed E-state index contributed by atoms with van der Waals surface area (Å²) in [5, 5.41) is 0. The maximum absolute atomic E-state index is 12.7. The minimum absolute atomic E-state index is 0.0423. The van der Waals surface area contributed by atoms with Gasteiger partial charge in [-0.3, -0.25) is 4.79 Å². The Balaban J connectivity index is 1.44. The highest BCUT2D eigenvalue weighted by atomic mass is 16.5. The van der Waals surface area contributed by atoms with Crippen molar-refractivity contribution >= 4 is 5.91 Å². The van der Waals surface area contributed by atoms with Crippen LogP contribution in [0.15, 0.2) is 42.5 Å². The first-order valence-corrected chi connectivity index (χ1v) is 9.39. The van der Waals surface area contributed by atoms with Crippen molar-refractivity contribution in [2.24, 2.45) is 5.73 Å². The third-order valence-electron chi connectivity index (χ3n) is 5.87. The molecule has 0 aliphatic carbocycles. The van der Waals surface area contributed by atoms with Crippen molar-refractivity contribution in [3.8, 4) is 5.75 Å². The molecule has 2 aliphatic heterocycles. The average molecular weight is 350 g/mol. The van der Waals surface area contributed by atoms with Gasteiger partial charge in [-0.15, -0.1) is 0 Å². The number of amides is 1. The van der Waals surface area contributed by atoms with Crippen LogP contribution in [0.5, 0.6) is 5.75 Å². The standard InChI is InChI=1S/C22H26N2O2/c1-16-3-2-4-17(11-16)13-21(25)24-9-7-22(8-10-24)15-26-20-6-5-18(14-23)12-19(20)22/h2-6,11-12H,7-10,13-15,23H2,1H3. The van der Waals surface area contributed by atoms with Crippen LogP contribution in [0.25, 0.3) is 0 Å². The van der Waals surface area contributed by atoms with Gasteiger partial charge in [0, 0.05) is 30.6 Å². The Morgan fingerprint density at radius 1 is 1.15 bits per heavy atom. The number of nitrogens with zero attached hydrogens (tertiary/aromatic N) is 1. The molecule has 26 heavy (non-hydrogen) atoms. The van der Waals surface area contributed by atoms with Crippen LogP contribution in [-0.2, 0) is 23.2 Å². The molecule has 1 fully saturated rings. The summed E-state index contributed by atoms with van der Waals surface area (Å²) in [5.74, 6) is 1.21. The van der Waals surface area contributed by atoms with Crippen LogP contribution in [0.1, 0.15) is 35.1 Å². The van der Waals surface area contributed by atoms with E-state index in [-0.39, 0.29) is 11.3 Å². The number of rotatable bonds is 3. The zero-order valence-electron chi connectivity index (χ0n) is 15.3. The van der Waals surface area contributed by atoms with Gasteiger partial charge < -0.3 is 15.4 Å². The molecule has 0 radical (unpaired) electrons. The van der Waals surface area contributed by atoms with E-state index in [4.69, 9.17) is 10.5 Å². The van der Waals surface area contributed by atoms with E-state index >= 15 is 0 Å². The summed E-state index contributed by atoms with van der Waals surface area (Å²) in [5.41, 5.74) is 10.6. The first kappa shape index (κ1) is 17.1. The van der Waals surface area contributed by atoms with Gasteiger partial charge in [0.1, 0.15) is 5.75 Å². The highest BCUT2D eigenvalue weighted by Gasteiger charge is 2.43. The van der Waals surface area contributed by atoms with Gasteiger partial charge in [-0.25, -0.2) is 0 Å². The van der Waals surface area contributed by atoms with Gasteiger partial charge >= 0.3 is 0 Å². The van der Waals surface area contributed by atoms with Gasteiger partial charge in [0.15, 0.2) is 0 Å². The topological polar surface area (TPSA) is 55.6 Å². The second-order valence-electron chi connectivity index (χ2n) is 7.65. The minimum atomic E-state index is 0.0423. The molecule has 136 valence electrons. The van der Waals surface area contributed by atoms with E-state index in [9.17, 15) is 4.79 Å². The highest BCUT2D eigenvalue weighted by Crippen LogP contribution is 2.45. The number of fused-ring (bicyclic) bond motifs is 2. The Kier molecular flexibility index (Phi) is 4.45. The van der Waals surface area contributed by atoms with Crippen LogP contribution >= 0.6 is 0 Å². The third kappa shape index (κ3) is 3.10. The molecule has 0 saturated carbocycles. The van der Waals surface area contributed by atoms with Crippen molar-refractivity contribution in [2.75, 3.05) is 19.7 Å². The van der Waals surface area contributed by atoms with E-state index in [0.717, 1.165) is 49.4 Å². The number of carbonyl (C=O) groups excluding carboxylic acids is 1. The van der Waals surface area contributed by atoms with Crippen LogP contribution < -0.4 is 10.5 Å². The summed E-state index contributed by atoms with van der Waals surface area (Å²) in [7, 11) is 0. The Hall–Kier alpha value is -2.33. The minimum Gasteiger partial charge on any atom is -0.492 e.